The van der Waals surface area contributed by atoms with Gasteiger partial charge in [-0.3, -0.25) is 4.57 Å². The molecule has 1 aliphatic heterocycles. The van der Waals surface area contributed by atoms with Crippen LogP contribution in [0.4, 0.5) is 5.95 Å². The second-order valence-corrected chi connectivity index (χ2v) is 14.0. The molecule has 3 heterocycles. The van der Waals surface area contributed by atoms with Gasteiger partial charge < -0.3 is 19.6 Å². The molecule has 0 aromatic carbocycles. The average Bonchev–Trinajstić information content (AvgIpc) is 3.21. The Bertz CT molecular complexity index is 883. The highest BCUT2D eigenvalue weighted by atomic mass is 35.5. The van der Waals surface area contributed by atoms with E-state index in [1.165, 1.54) is 0 Å². The number of nitrogens with two attached hydrogens (primary N) is 1. The van der Waals surface area contributed by atoms with Crippen molar-refractivity contribution < 1.29 is 13.9 Å². The number of aromatic nitrogens is 4. The molecule has 0 radical (unpaired) electrons. The van der Waals surface area contributed by atoms with Gasteiger partial charge in [0.05, 0.1) is 25.6 Å². The SMILES string of the molecule is C=CCOC1C[C@H](n2cnc3c(Cl)nc(N)nc32)O[C@@H]1CO[Si](C)(C)C(C)(C)C. The van der Waals surface area contributed by atoms with Crippen molar-refractivity contribution in [2.24, 2.45) is 0 Å². The highest BCUT2D eigenvalue weighted by molar-refractivity contribution is 6.74. The summed E-state index contributed by atoms with van der Waals surface area (Å²) in [4.78, 5) is 12.6. The standard InChI is InChI=1S/C19H30ClN5O3Si/c1-7-8-26-12-9-14(28-13(12)10-27-29(5,6)19(2,3)4)25-11-22-15-16(20)23-18(21)24-17(15)25/h7,11-14H,1,8-10H2,2-6H3,(H2,21,23,24)/t12?,13-,14-/m1/s1. The molecule has 8 nitrogen and oxygen atoms in total. The van der Waals surface area contributed by atoms with E-state index in [-0.39, 0.29) is 34.6 Å². The third-order valence-electron chi connectivity index (χ3n) is 5.73. The summed E-state index contributed by atoms with van der Waals surface area (Å²) in [6.07, 6.45) is 3.37. The summed E-state index contributed by atoms with van der Waals surface area (Å²) < 4.78 is 20.5. The van der Waals surface area contributed by atoms with Crippen LogP contribution in [-0.2, 0) is 13.9 Å². The van der Waals surface area contributed by atoms with Crippen LogP contribution in [0.1, 0.15) is 33.4 Å². The fourth-order valence-corrected chi connectivity index (χ4v) is 4.24. The van der Waals surface area contributed by atoms with Gasteiger partial charge in [0.15, 0.2) is 19.1 Å². The number of hydrogen-bond acceptors (Lipinski definition) is 7. The van der Waals surface area contributed by atoms with Gasteiger partial charge in [-0.1, -0.05) is 38.4 Å². The molecule has 3 rings (SSSR count). The maximum absolute atomic E-state index is 6.40. The van der Waals surface area contributed by atoms with Crippen LogP contribution < -0.4 is 5.73 Å². The Kier molecular flexibility index (Phi) is 6.35. The predicted octanol–water partition coefficient (Wildman–Crippen LogP) is 3.94. The molecular formula is C19H30ClN5O3Si. The Labute approximate surface area is 177 Å². The van der Waals surface area contributed by atoms with Crippen LogP contribution in [0.3, 0.4) is 0 Å². The Hall–Kier alpha value is -1.52. The van der Waals surface area contributed by atoms with E-state index in [1.807, 2.05) is 4.57 Å². The van der Waals surface area contributed by atoms with Gasteiger partial charge >= 0.3 is 0 Å². The average molecular weight is 440 g/mol. The smallest absolute Gasteiger partial charge is 0.223 e. The first-order chi connectivity index (χ1) is 13.5. The summed E-state index contributed by atoms with van der Waals surface area (Å²) in [6, 6.07) is 0. The minimum atomic E-state index is -1.91. The van der Waals surface area contributed by atoms with Gasteiger partial charge in [0.2, 0.25) is 5.95 Å². The topological polar surface area (TPSA) is 97.3 Å². The minimum absolute atomic E-state index is 0.0968. The Morgan fingerprint density at radius 1 is 1.41 bits per heavy atom. The fourth-order valence-electron chi connectivity index (χ4n) is 3.00. The lowest BCUT2D eigenvalue weighted by molar-refractivity contribution is -0.0536. The fraction of sp³-hybridized carbons (Fsp3) is 0.632. The number of ether oxygens (including phenoxy) is 2. The zero-order valence-electron chi connectivity index (χ0n) is 17.7. The first-order valence-corrected chi connectivity index (χ1v) is 13.0. The summed E-state index contributed by atoms with van der Waals surface area (Å²) in [7, 11) is -1.91. The van der Waals surface area contributed by atoms with Crippen molar-refractivity contribution in [3.05, 3.63) is 24.1 Å². The van der Waals surface area contributed by atoms with Crippen LogP contribution >= 0.6 is 11.6 Å². The molecular weight excluding hydrogens is 410 g/mol. The van der Waals surface area contributed by atoms with Crippen molar-refractivity contribution in [2.75, 3.05) is 18.9 Å². The molecule has 10 heteroatoms. The lowest BCUT2D eigenvalue weighted by atomic mass is 10.2. The van der Waals surface area contributed by atoms with E-state index >= 15 is 0 Å². The van der Waals surface area contributed by atoms with Crippen LogP contribution in [0.5, 0.6) is 0 Å². The van der Waals surface area contributed by atoms with Crippen molar-refractivity contribution in [1.29, 1.82) is 0 Å². The molecule has 0 saturated carbocycles. The second-order valence-electron chi connectivity index (χ2n) is 8.79. The molecule has 1 saturated heterocycles. The molecule has 0 aliphatic carbocycles. The predicted molar refractivity (Wildman–Crippen MR) is 116 cm³/mol. The van der Waals surface area contributed by atoms with Crippen LogP contribution in [0.15, 0.2) is 19.0 Å². The van der Waals surface area contributed by atoms with E-state index in [4.69, 9.17) is 31.2 Å². The lowest BCUT2D eigenvalue weighted by Gasteiger charge is -2.37. The number of hydrogen-bond donors (Lipinski definition) is 1. The van der Waals surface area contributed by atoms with E-state index in [9.17, 15) is 0 Å². The van der Waals surface area contributed by atoms with Crippen LogP contribution in [0.2, 0.25) is 23.3 Å². The molecule has 0 spiro atoms. The van der Waals surface area contributed by atoms with E-state index in [0.717, 1.165) is 0 Å². The molecule has 29 heavy (non-hydrogen) atoms. The first-order valence-electron chi connectivity index (χ1n) is 9.71. The maximum Gasteiger partial charge on any atom is 0.223 e. The molecule has 2 N–H and O–H groups in total. The van der Waals surface area contributed by atoms with E-state index < -0.39 is 8.32 Å². The maximum atomic E-state index is 6.40. The molecule has 1 aliphatic rings. The van der Waals surface area contributed by atoms with E-state index in [2.05, 4.69) is 55.4 Å². The number of nitrogen functional groups attached to an aromatic ring is 1. The number of imidazole rings is 1. The highest BCUT2D eigenvalue weighted by Gasteiger charge is 2.42. The molecule has 1 fully saturated rings. The Morgan fingerprint density at radius 3 is 2.79 bits per heavy atom. The van der Waals surface area contributed by atoms with Crippen LogP contribution in [0, 0.1) is 0 Å². The minimum Gasteiger partial charge on any atom is -0.414 e. The van der Waals surface area contributed by atoms with Gasteiger partial charge in [-0.2, -0.15) is 9.97 Å². The van der Waals surface area contributed by atoms with Gasteiger partial charge in [-0.15, -0.1) is 6.58 Å². The quantitative estimate of drug-likeness (QED) is 0.396. The normalized spacial score (nSPS) is 23.0. The van der Waals surface area contributed by atoms with Crippen molar-refractivity contribution in [3.63, 3.8) is 0 Å². The summed E-state index contributed by atoms with van der Waals surface area (Å²) >= 11 is 6.15. The molecule has 0 amide bonds. The van der Waals surface area contributed by atoms with Crippen LogP contribution in [-0.4, -0.2) is 53.3 Å². The molecule has 2 aromatic rings. The van der Waals surface area contributed by atoms with Gasteiger partial charge in [0.25, 0.3) is 0 Å². The van der Waals surface area contributed by atoms with E-state index in [0.29, 0.717) is 30.8 Å². The summed E-state index contributed by atoms with van der Waals surface area (Å²) in [5.74, 6) is 0.0968. The molecule has 160 valence electrons. The van der Waals surface area contributed by atoms with Gasteiger partial charge in [0.1, 0.15) is 17.8 Å². The van der Waals surface area contributed by atoms with Gasteiger partial charge in [0, 0.05) is 6.42 Å². The third-order valence-corrected chi connectivity index (χ3v) is 10.5. The largest absolute Gasteiger partial charge is 0.414 e. The molecule has 3 atom stereocenters. The molecule has 0 bridgehead atoms. The monoisotopic (exact) mass is 439 g/mol. The van der Waals surface area contributed by atoms with Crippen molar-refractivity contribution in [3.8, 4) is 0 Å². The van der Waals surface area contributed by atoms with Crippen molar-refractivity contribution in [2.45, 2.75) is 63.8 Å². The van der Waals surface area contributed by atoms with E-state index in [1.54, 1.807) is 12.4 Å². The van der Waals surface area contributed by atoms with Gasteiger partial charge in [-0.05, 0) is 18.1 Å². The van der Waals surface area contributed by atoms with Crippen molar-refractivity contribution >= 4 is 37.0 Å². The summed E-state index contributed by atoms with van der Waals surface area (Å²) in [6.45, 7) is 15.8. The molecule has 1 unspecified atom stereocenters. The zero-order valence-corrected chi connectivity index (χ0v) is 19.4. The Morgan fingerprint density at radius 2 is 2.14 bits per heavy atom. The first kappa shape index (κ1) is 22.2. The number of fused-ring (bicyclic) bond motifs is 1. The lowest BCUT2D eigenvalue weighted by Crippen LogP contribution is -2.44. The molecule has 2 aromatic heterocycles. The Balaban J connectivity index is 1.81. The highest BCUT2D eigenvalue weighted by Crippen LogP contribution is 2.38. The number of halogens is 1. The number of rotatable bonds is 7. The van der Waals surface area contributed by atoms with Gasteiger partial charge in [-0.25, -0.2) is 4.98 Å². The van der Waals surface area contributed by atoms with Crippen LogP contribution in [0.25, 0.3) is 11.2 Å². The van der Waals surface area contributed by atoms with Crippen molar-refractivity contribution in [1.82, 2.24) is 19.5 Å². The number of anilines is 1. The second kappa shape index (κ2) is 8.31. The summed E-state index contributed by atoms with van der Waals surface area (Å²) in [5, 5.41) is 0.343. The summed E-state index contributed by atoms with van der Waals surface area (Å²) in [5.41, 5.74) is 6.81. The third kappa shape index (κ3) is 4.64. The number of nitrogens with zero attached hydrogens (tertiary/aromatic N) is 4. The zero-order chi connectivity index (χ0) is 21.4.